The van der Waals surface area contributed by atoms with E-state index in [2.05, 4.69) is 20.3 Å². The van der Waals surface area contributed by atoms with E-state index in [-0.39, 0.29) is 28.7 Å². The summed E-state index contributed by atoms with van der Waals surface area (Å²) in [5.41, 5.74) is 0.601. The van der Waals surface area contributed by atoms with E-state index >= 15 is 0 Å². The number of rotatable bonds is 2. The molecule has 0 spiro atoms. The minimum atomic E-state index is -0.618. The van der Waals surface area contributed by atoms with E-state index < -0.39 is 11.0 Å². The van der Waals surface area contributed by atoms with Crippen molar-refractivity contribution in [3.8, 4) is 11.1 Å². The van der Waals surface area contributed by atoms with Gasteiger partial charge in [0.05, 0.1) is 5.39 Å². The fourth-order valence-electron chi connectivity index (χ4n) is 2.18. The molecule has 1 amide bonds. The molecule has 2 heterocycles. The molecule has 0 radical (unpaired) electrons. The van der Waals surface area contributed by atoms with E-state index in [1.807, 2.05) is 0 Å². The van der Waals surface area contributed by atoms with Crippen molar-refractivity contribution in [3.63, 3.8) is 0 Å². The lowest BCUT2D eigenvalue weighted by atomic mass is 9.96. The third-order valence-electron chi connectivity index (χ3n) is 3.65. The highest BCUT2D eigenvalue weighted by molar-refractivity contribution is 5.93. The fraction of sp³-hybridized carbons (Fsp3) is 0.222. The van der Waals surface area contributed by atoms with Gasteiger partial charge in [-0.25, -0.2) is 9.37 Å². The number of H-pyrrole nitrogens is 1. The van der Waals surface area contributed by atoms with E-state index in [1.165, 1.54) is 12.1 Å². The van der Waals surface area contributed by atoms with Crippen molar-refractivity contribution in [2.45, 2.75) is 20.8 Å². The molecule has 3 rings (SSSR count). The average Bonchev–Trinajstić information content (AvgIpc) is 2.54. The Kier molecular flexibility index (Phi) is 4.08. The predicted octanol–water partition coefficient (Wildman–Crippen LogP) is 3.11. The fourth-order valence-corrected chi connectivity index (χ4v) is 2.18. The molecule has 0 saturated heterocycles. The Labute approximate surface area is 143 Å². The van der Waals surface area contributed by atoms with Gasteiger partial charge in [-0.15, -0.1) is 0 Å². The second-order valence-electron chi connectivity index (χ2n) is 6.72. The van der Waals surface area contributed by atoms with Crippen molar-refractivity contribution in [1.82, 2.24) is 15.0 Å². The normalized spacial score (nSPS) is 11.5. The Morgan fingerprint density at radius 3 is 2.48 bits per heavy atom. The summed E-state index contributed by atoms with van der Waals surface area (Å²) in [5, 5.41) is 2.87. The van der Waals surface area contributed by atoms with Crippen LogP contribution in [0.5, 0.6) is 0 Å². The van der Waals surface area contributed by atoms with Gasteiger partial charge >= 0.3 is 0 Å². The minimum absolute atomic E-state index is 0.0551. The van der Waals surface area contributed by atoms with Gasteiger partial charge in [0.1, 0.15) is 5.82 Å². The summed E-state index contributed by atoms with van der Waals surface area (Å²) in [6.45, 7) is 5.28. The van der Waals surface area contributed by atoms with Gasteiger partial charge in [0.25, 0.3) is 5.56 Å². The molecule has 128 valence electrons. The number of carbonyl (C=O) groups is 1. The monoisotopic (exact) mass is 340 g/mol. The van der Waals surface area contributed by atoms with Crippen LogP contribution in [0.2, 0.25) is 0 Å². The number of aromatic amines is 1. The number of hydrogen-bond acceptors (Lipinski definition) is 4. The van der Waals surface area contributed by atoms with E-state index in [9.17, 15) is 14.0 Å². The first-order valence-electron chi connectivity index (χ1n) is 7.71. The Morgan fingerprint density at radius 1 is 1.16 bits per heavy atom. The quantitative estimate of drug-likeness (QED) is 0.750. The van der Waals surface area contributed by atoms with Crippen molar-refractivity contribution >= 4 is 22.9 Å². The van der Waals surface area contributed by atoms with Gasteiger partial charge < -0.3 is 0 Å². The molecule has 0 aliphatic heterocycles. The Balaban J connectivity index is 2.01. The van der Waals surface area contributed by atoms with Crippen LogP contribution < -0.4 is 10.9 Å². The SMILES string of the molecule is CC(C)(C)C(=O)Nc1nc2ncc(-c3ccc(F)cc3)cc2c(=O)[nH]1. The number of benzene rings is 1. The van der Waals surface area contributed by atoms with Crippen LogP contribution in [-0.4, -0.2) is 20.9 Å². The van der Waals surface area contributed by atoms with E-state index in [0.717, 1.165) is 5.56 Å². The molecule has 0 bridgehead atoms. The number of pyridine rings is 1. The number of nitrogens with one attached hydrogen (secondary N) is 2. The molecular formula is C18H17FN4O2. The summed E-state index contributed by atoms with van der Waals surface area (Å²) in [6.07, 6.45) is 1.55. The molecule has 3 aromatic rings. The zero-order valence-corrected chi connectivity index (χ0v) is 14.1. The number of fused-ring (bicyclic) bond motifs is 1. The molecule has 0 aliphatic rings. The molecule has 1 aromatic carbocycles. The van der Waals surface area contributed by atoms with Crippen LogP contribution in [-0.2, 0) is 4.79 Å². The highest BCUT2D eigenvalue weighted by Crippen LogP contribution is 2.21. The molecule has 0 fully saturated rings. The number of halogens is 1. The van der Waals surface area contributed by atoms with Crippen molar-refractivity contribution in [1.29, 1.82) is 0 Å². The number of amides is 1. The minimum Gasteiger partial charge on any atom is -0.296 e. The summed E-state index contributed by atoms with van der Waals surface area (Å²) in [4.78, 5) is 35.3. The Morgan fingerprint density at radius 2 is 1.84 bits per heavy atom. The largest absolute Gasteiger partial charge is 0.296 e. The van der Waals surface area contributed by atoms with E-state index in [1.54, 1.807) is 45.2 Å². The number of aromatic nitrogens is 3. The first-order valence-corrected chi connectivity index (χ1v) is 7.71. The summed E-state index contributed by atoms with van der Waals surface area (Å²) >= 11 is 0. The smallest absolute Gasteiger partial charge is 0.261 e. The molecule has 2 aromatic heterocycles. The molecular weight excluding hydrogens is 323 g/mol. The number of nitrogens with zero attached hydrogens (tertiary/aromatic N) is 2. The van der Waals surface area contributed by atoms with Crippen LogP contribution >= 0.6 is 0 Å². The first-order chi connectivity index (χ1) is 11.7. The molecule has 2 N–H and O–H groups in total. The lowest BCUT2D eigenvalue weighted by Gasteiger charge is -2.16. The van der Waals surface area contributed by atoms with Crippen molar-refractivity contribution in [3.05, 3.63) is 52.7 Å². The maximum Gasteiger partial charge on any atom is 0.261 e. The highest BCUT2D eigenvalue weighted by atomic mass is 19.1. The van der Waals surface area contributed by atoms with Crippen LogP contribution in [0.1, 0.15) is 20.8 Å². The van der Waals surface area contributed by atoms with Gasteiger partial charge in [-0.2, -0.15) is 4.98 Å². The van der Waals surface area contributed by atoms with Crippen LogP contribution in [0.3, 0.4) is 0 Å². The zero-order valence-electron chi connectivity index (χ0n) is 14.1. The van der Waals surface area contributed by atoms with E-state index in [4.69, 9.17) is 0 Å². The molecule has 0 saturated carbocycles. The average molecular weight is 340 g/mol. The summed E-state index contributed by atoms with van der Waals surface area (Å²) in [7, 11) is 0. The topological polar surface area (TPSA) is 87.7 Å². The van der Waals surface area contributed by atoms with E-state index in [0.29, 0.717) is 5.56 Å². The Bertz CT molecular complexity index is 1000. The first kappa shape index (κ1) is 16.8. The van der Waals surface area contributed by atoms with Crippen LogP contribution in [0.15, 0.2) is 41.3 Å². The van der Waals surface area contributed by atoms with Crippen molar-refractivity contribution in [2.75, 3.05) is 5.32 Å². The van der Waals surface area contributed by atoms with Gasteiger partial charge in [0, 0.05) is 17.2 Å². The van der Waals surface area contributed by atoms with Crippen molar-refractivity contribution < 1.29 is 9.18 Å². The lowest BCUT2D eigenvalue weighted by molar-refractivity contribution is -0.123. The summed E-state index contributed by atoms with van der Waals surface area (Å²) in [6, 6.07) is 7.53. The third-order valence-corrected chi connectivity index (χ3v) is 3.65. The Hall–Kier alpha value is -3.09. The molecule has 0 unspecified atom stereocenters. The van der Waals surface area contributed by atoms with Crippen molar-refractivity contribution in [2.24, 2.45) is 5.41 Å². The lowest BCUT2D eigenvalue weighted by Crippen LogP contribution is -2.29. The van der Waals surface area contributed by atoms with Gasteiger partial charge in [-0.1, -0.05) is 32.9 Å². The van der Waals surface area contributed by atoms with Crippen LogP contribution in [0, 0.1) is 11.2 Å². The third kappa shape index (κ3) is 3.55. The molecule has 6 nitrogen and oxygen atoms in total. The molecule has 25 heavy (non-hydrogen) atoms. The van der Waals surface area contributed by atoms with Gasteiger partial charge in [-0.3, -0.25) is 19.9 Å². The summed E-state index contributed by atoms with van der Waals surface area (Å²) in [5.74, 6) is -0.548. The molecule has 7 heteroatoms. The van der Waals surface area contributed by atoms with Crippen LogP contribution in [0.4, 0.5) is 10.3 Å². The highest BCUT2D eigenvalue weighted by Gasteiger charge is 2.22. The van der Waals surface area contributed by atoms with Gasteiger partial charge in [0.2, 0.25) is 11.9 Å². The number of anilines is 1. The number of carbonyl (C=O) groups excluding carboxylic acids is 1. The predicted molar refractivity (Wildman–Crippen MR) is 93.6 cm³/mol. The van der Waals surface area contributed by atoms with Gasteiger partial charge in [-0.05, 0) is 23.8 Å². The number of hydrogen-bond donors (Lipinski definition) is 2. The maximum atomic E-state index is 13.0. The second kappa shape index (κ2) is 6.08. The van der Waals surface area contributed by atoms with Crippen LogP contribution in [0.25, 0.3) is 22.2 Å². The molecule has 0 atom stereocenters. The summed E-state index contributed by atoms with van der Waals surface area (Å²) < 4.78 is 13.0. The molecule has 0 aliphatic carbocycles. The maximum absolute atomic E-state index is 13.0. The zero-order chi connectivity index (χ0) is 18.2. The second-order valence-corrected chi connectivity index (χ2v) is 6.72. The van der Waals surface area contributed by atoms with Gasteiger partial charge in [0.15, 0.2) is 5.65 Å². The standard InChI is InChI=1S/C18H17FN4O2/c1-18(2,3)16(25)23-17-21-14-13(15(24)22-17)8-11(9-20-14)10-4-6-12(19)7-5-10/h4-9H,1-3H3,(H2,20,21,22,23,24,25).